The number of benzene rings is 1. The fourth-order valence-electron chi connectivity index (χ4n) is 1.40. The molecule has 1 aromatic rings. The van der Waals surface area contributed by atoms with Gasteiger partial charge in [-0.15, -0.1) is 6.42 Å². The van der Waals surface area contributed by atoms with Gasteiger partial charge in [0.1, 0.15) is 0 Å². The van der Waals surface area contributed by atoms with Crippen molar-refractivity contribution in [2.45, 2.75) is 26.1 Å². The van der Waals surface area contributed by atoms with Crippen LogP contribution in [-0.4, -0.2) is 23.7 Å². The number of hydrogen-bond acceptors (Lipinski definition) is 3. The second kappa shape index (κ2) is 6.76. The standard InChI is InChI=1S/C14H16FNO3/c1-4-7-16-14(18)10(3)19-13-6-5-11(9(2)17)8-12(13)15/h1,5-6,8-10,17H,7H2,2-3H3,(H,16,18)/t9-,10?/m1/s1. The molecule has 19 heavy (non-hydrogen) atoms. The molecule has 0 radical (unpaired) electrons. The van der Waals surface area contributed by atoms with E-state index in [0.717, 1.165) is 0 Å². The van der Waals surface area contributed by atoms with Crippen molar-refractivity contribution in [2.24, 2.45) is 0 Å². The molecule has 0 aliphatic rings. The lowest BCUT2D eigenvalue weighted by Gasteiger charge is -2.15. The molecule has 1 rings (SSSR count). The van der Waals surface area contributed by atoms with E-state index >= 15 is 0 Å². The van der Waals surface area contributed by atoms with Gasteiger partial charge in [0, 0.05) is 0 Å². The maximum Gasteiger partial charge on any atom is 0.261 e. The summed E-state index contributed by atoms with van der Waals surface area (Å²) in [4.78, 5) is 11.5. The number of carbonyl (C=O) groups is 1. The number of carbonyl (C=O) groups excluding carboxylic acids is 1. The van der Waals surface area contributed by atoms with Gasteiger partial charge >= 0.3 is 0 Å². The first-order valence-corrected chi connectivity index (χ1v) is 5.81. The largest absolute Gasteiger partial charge is 0.478 e. The normalized spacial score (nSPS) is 13.2. The summed E-state index contributed by atoms with van der Waals surface area (Å²) in [6.45, 7) is 3.12. The number of aliphatic hydroxyl groups is 1. The molecular formula is C14H16FNO3. The molecule has 0 bridgehead atoms. The zero-order valence-electron chi connectivity index (χ0n) is 10.8. The van der Waals surface area contributed by atoms with E-state index in [1.54, 1.807) is 0 Å². The van der Waals surface area contributed by atoms with Crippen LogP contribution in [0, 0.1) is 18.2 Å². The third kappa shape index (κ3) is 4.27. The molecule has 2 N–H and O–H groups in total. The van der Waals surface area contributed by atoms with Gasteiger partial charge in [-0.2, -0.15) is 0 Å². The van der Waals surface area contributed by atoms with Crippen molar-refractivity contribution in [2.75, 3.05) is 6.54 Å². The van der Waals surface area contributed by atoms with Crippen molar-refractivity contribution in [3.05, 3.63) is 29.6 Å². The topological polar surface area (TPSA) is 58.6 Å². The summed E-state index contributed by atoms with van der Waals surface area (Å²) in [5.74, 6) is 1.16. The average molecular weight is 265 g/mol. The smallest absolute Gasteiger partial charge is 0.261 e. The Labute approximate surface area is 111 Å². The summed E-state index contributed by atoms with van der Waals surface area (Å²) >= 11 is 0. The summed E-state index contributed by atoms with van der Waals surface area (Å²) in [5, 5.41) is 11.8. The van der Waals surface area contributed by atoms with Crippen molar-refractivity contribution < 1.29 is 19.0 Å². The lowest BCUT2D eigenvalue weighted by Crippen LogP contribution is -2.36. The van der Waals surface area contributed by atoms with Crippen LogP contribution in [0.5, 0.6) is 5.75 Å². The maximum atomic E-state index is 13.7. The van der Waals surface area contributed by atoms with Gasteiger partial charge in [-0.3, -0.25) is 4.79 Å². The van der Waals surface area contributed by atoms with Crippen LogP contribution < -0.4 is 10.1 Å². The van der Waals surface area contributed by atoms with E-state index in [9.17, 15) is 14.3 Å². The Balaban J connectivity index is 2.72. The summed E-state index contributed by atoms with van der Waals surface area (Å²) in [5.41, 5.74) is 0.439. The molecule has 0 saturated carbocycles. The van der Waals surface area contributed by atoms with E-state index in [1.165, 1.54) is 32.0 Å². The van der Waals surface area contributed by atoms with Crippen molar-refractivity contribution in [3.63, 3.8) is 0 Å². The minimum Gasteiger partial charge on any atom is -0.478 e. The number of amides is 1. The molecule has 0 aromatic heterocycles. The molecule has 0 aliphatic carbocycles. The van der Waals surface area contributed by atoms with Gasteiger partial charge in [-0.25, -0.2) is 4.39 Å². The minimum atomic E-state index is -0.861. The van der Waals surface area contributed by atoms with E-state index in [4.69, 9.17) is 11.2 Å². The molecule has 4 nitrogen and oxygen atoms in total. The Morgan fingerprint density at radius 3 is 2.79 bits per heavy atom. The highest BCUT2D eigenvalue weighted by Crippen LogP contribution is 2.22. The van der Waals surface area contributed by atoms with Crippen LogP contribution in [0.1, 0.15) is 25.5 Å². The highest BCUT2D eigenvalue weighted by Gasteiger charge is 2.16. The minimum absolute atomic E-state index is 0.0484. The molecule has 5 heteroatoms. The molecule has 2 atom stereocenters. The molecular weight excluding hydrogens is 249 g/mol. The zero-order chi connectivity index (χ0) is 14.4. The summed E-state index contributed by atoms with van der Waals surface area (Å²) in [6, 6.07) is 4.09. The summed E-state index contributed by atoms with van der Waals surface area (Å²) < 4.78 is 18.9. The lowest BCUT2D eigenvalue weighted by atomic mass is 10.1. The van der Waals surface area contributed by atoms with E-state index in [0.29, 0.717) is 5.56 Å². The lowest BCUT2D eigenvalue weighted by molar-refractivity contribution is -0.127. The van der Waals surface area contributed by atoms with Crippen molar-refractivity contribution in [1.82, 2.24) is 5.32 Å². The van der Waals surface area contributed by atoms with Gasteiger partial charge in [-0.1, -0.05) is 12.0 Å². The predicted molar refractivity (Wildman–Crippen MR) is 69.0 cm³/mol. The van der Waals surface area contributed by atoms with Crippen LogP contribution in [0.2, 0.25) is 0 Å². The van der Waals surface area contributed by atoms with Crippen LogP contribution in [0.3, 0.4) is 0 Å². The Hall–Kier alpha value is -2.06. The first-order valence-electron chi connectivity index (χ1n) is 5.81. The van der Waals surface area contributed by atoms with E-state index in [1.807, 2.05) is 0 Å². The molecule has 0 spiro atoms. The highest BCUT2D eigenvalue weighted by atomic mass is 19.1. The molecule has 0 aliphatic heterocycles. The predicted octanol–water partition coefficient (Wildman–Crippen LogP) is 1.40. The number of ether oxygens (including phenoxy) is 1. The first kappa shape index (κ1) is 15.0. The molecule has 0 saturated heterocycles. The Morgan fingerprint density at radius 2 is 2.26 bits per heavy atom. The van der Waals surface area contributed by atoms with Crippen LogP contribution in [0.4, 0.5) is 4.39 Å². The van der Waals surface area contributed by atoms with Crippen LogP contribution >= 0.6 is 0 Å². The SMILES string of the molecule is C#CCNC(=O)C(C)Oc1ccc([C@@H](C)O)cc1F. The van der Waals surface area contributed by atoms with Crippen LogP contribution in [0.15, 0.2) is 18.2 Å². The second-order valence-electron chi connectivity index (χ2n) is 4.05. The number of aliphatic hydroxyl groups excluding tert-OH is 1. The third-order valence-corrected chi connectivity index (χ3v) is 2.48. The summed E-state index contributed by atoms with van der Waals surface area (Å²) in [7, 11) is 0. The second-order valence-corrected chi connectivity index (χ2v) is 4.05. The van der Waals surface area contributed by atoms with Crippen LogP contribution in [-0.2, 0) is 4.79 Å². The average Bonchev–Trinajstić information content (AvgIpc) is 2.37. The Kier molecular flexibility index (Phi) is 5.34. The molecule has 102 valence electrons. The molecule has 0 heterocycles. The molecule has 1 amide bonds. The monoisotopic (exact) mass is 265 g/mol. The number of rotatable bonds is 5. The number of hydrogen-bond donors (Lipinski definition) is 2. The number of halogens is 1. The summed E-state index contributed by atoms with van der Waals surface area (Å²) in [6.07, 6.45) is 3.38. The van der Waals surface area contributed by atoms with Gasteiger partial charge in [0.2, 0.25) is 0 Å². The zero-order valence-corrected chi connectivity index (χ0v) is 10.8. The first-order chi connectivity index (χ1) is 8.95. The Morgan fingerprint density at radius 1 is 1.58 bits per heavy atom. The number of terminal acetylenes is 1. The third-order valence-electron chi connectivity index (χ3n) is 2.48. The fraction of sp³-hybridized carbons (Fsp3) is 0.357. The van der Waals surface area contributed by atoms with Gasteiger partial charge < -0.3 is 15.2 Å². The fourth-order valence-corrected chi connectivity index (χ4v) is 1.40. The molecule has 1 aromatic carbocycles. The van der Waals surface area contributed by atoms with Gasteiger partial charge in [0.15, 0.2) is 17.7 Å². The quantitative estimate of drug-likeness (QED) is 0.791. The van der Waals surface area contributed by atoms with Crippen molar-refractivity contribution in [3.8, 4) is 18.1 Å². The van der Waals surface area contributed by atoms with Crippen LogP contribution in [0.25, 0.3) is 0 Å². The molecule has 1 unspecified atom stereocenters. The number of nitrogens with one attached hydrogen (secondary N) is 1. The van der Waals surface area contributed by atoms with E-state index < -0.39 is 23.9 Å². The Bertz CT molecular complexity index is 494. The highest BCUT2D eigenvalue weighted by molar-refractivity contribution is 5.80. The van der Waals surface area contributed by atoms with Crippen molar-refractivity contribution in [1.29, 1.82) is 0 Å². The van der Waals surface area contributed by atoms with E-state index in [2.05, 4.69) is 11.2 Å². The maximum absolute atomic E-state index is 13.7. The molecule has 0 fully saturated rings. The van der Waals surface area contributed by atoms with Gasteiger partial charge in [0.05, 0.1) is 12.6 Å². The van der Waals surface area contributed by atoms with E-state index in [-0.39, 0.29) is 12.3 Å². The van der Waals surface area contributed by atoms with Crippen molar-refractivity contribution >= 4 is 5.91 Å². The van der Waals surface area contributed by atoms with Gasteiger partial charge in [-0.05, 0) is 31.5 Å². The van der Waals surface area contributed by atoms with Gasteiger partial charge in [0.25, 0.3) is 5.91 Å².